The molecular formula is C27H25NO4S. The molecule has 1 aromatic heterocycles. The van der Waals surface area contributed by atoms with Crippen molar-refractivity contribution in [1.29, 1.82) is 0 Å². The Morgan fingerprint density at radius 1 is 0.909 bits per heavy atom. The van der Waals surface area contributed by atoms with E-state index in [4.69, 9.17) is 9.63 Å². The standard InChI is InChI=1S/C27H25NO4S/c1-18-26(24(29)17-33-16-20-5-3-2-4-6-20)27(32-28-18)23-13-11-22(12-14-23)21-9-7-19(8-10-21)15-25(30)31/h2-14,24,29H,15-17H2,1H3,(H,30,31)/t24-/m1/s1. The number of carbonyl (C=O) groups is 1. The predicted molar refractivity (Wildman–Crippen MR) is 131 cm³/mol. The molecule has 1 atom stereocenters. The number of aromatic nitrogens is 1. The molecule has 2 N–H and O–H groups in total. The second-order valence-electron chi connectivity index (χ2n) is 7.87. The number of hydrogen-bond donors (Lipinski definition) is 2. The van der Waals surface area contributed by atoms with Crippen LogP contribution in [0.15, 0.2) is 83.4 Å². The summed E-state index contributed by atoms with van der Waals surface area (Å²) in [6, 6.07) is 25.6. The molecule has 6 heteroatoms. The second kappa shape index (κ2) is 10.5. The van der Waals surface area contributed by atoms with Gasteiger partial charge < -0.3 is 14.7 Å². The molecule has 0 unspecified atom stereocenters. The first-order valence-corrected chi connectivity index (χ1v) is 11.8. The largest absolute Gasteiger partial charge is 0.481 e. The van der Waals surface area contributed by atoms with Crippen LogP contribution in [0.2, 0.25) is 0 Å². The average Bonchev–Trinajstić information content (AvgIpc) is 3.21. The third-order valence-electron chi connectivity index (χ3n) is 5.42. The topological polar surface area (TPSA) is 83.6 Å². The van der Waals surface area contributed by atoms with Crippen LogP contribution in [0.3, 0.4) is 0 Å². The molecule has 0 spiro atoms. The van der Waals surface area contributed by atoms with Gasteiger partial charge in [-0.1, -0.05) is 84.0 Å². The highest BCUT2D eigenvalue weighted by molar-refractivity contribution is 7.98. The molecule has 33 heavy (non-hydrogen) atoms. The number of aryl methyl sites for hydroxylation is 1. The lowest BCUT2D eigenvalue weighted by atomic mass is 9.99. The highest BCUT2D eigenvalue weighted by Gasteiger charge is 2.22. The van der Waals surface area contributed by atoms with E-state index < -0.39 is 12.1 Å². The van der Waals surface area contributed by atoms with Gasteiger partial charge in [0.15, 0.2) is 5.76 Å². The minimum atomic E-state index is -0.842. The normalized spacial score (nSPS) is 11.9. The summed E-state index contributed by atoms with van der Waals surface area (Å²) >= 11 is 1.67. The van der Waals surface area contributed by atoms with Crippen LogP contribution in [0, 0.1) is 6.92 Å². The first-order chi connectivity index (χ1) is 16.0. The molecule has 1 heterocycles. The predicted octanol–water partition coefficient (Wildman–Crippen LogP) is 5.91. The van der Waals surface area contributed by atoms with Gasteiger partial charge in [0, 0.05) is 17.1 Å². The van der Waals surface area contributed by atoms with Crippen molar-refractivity contribution in [2.24, 2.45) is 0 Å². The maximum atomic E-state index is 10.9. The Bertz CT molecular complexity index is 1200. The third kappa shape index (κ3) is 5.72. The monoisotopic (exact) mass is 459 g/mol. The number of aliphatic carboxylic acids is 1. The van der Waals surface area contributed by atoms with Gasteiger partial charge in [0.05, 0.1) is 23.8 Å². The number of hydrogen-bond acceptors (Lipinski definition) is 5. The van der Waals surface area contributed by atoms with Crippen LogP contribution in [0.5, 0.6) is 0 Å². The van der Waals surface area contributed by atoms with Gasteiger partial charge in [0.1, 0.15) is 0 Å². The molecule has 168 valence electrons. The van der Waals surface area contributed by atoms with Crippen LogP contribution in [0.4, 0.5) is 0 Å². The zero-order chi connectivity index (χ0) is 23.2. The van der Waals surface area contributed by atoms with Crippen LogP contribution >= 0.6 is 11.8 Å². The average molecular weight is 460 g/mol. The van der Waals surface area contributed by atoms with Crippen molar-refractivity contribution in [1.82, 2.24) is 5.16 Å². The Labute approximate surface area is 197 Å². The lowest BCUT2D eigenvalue weighted by Crippen LogP contribution is -2.03. The summed E-state index contributed by atoms with van der Waals surface area (Å²) in [6.45, 7) is 1.85. The van der Waals surface area contributed by atoms with E-state index in [0.29, 0.717) is 17.2 Å². The van der Waals surface area contributed by atoms with Crippen LogP contribution in [0.25, 0.3) is 22.5 Å². The summed E-state index contributed by atoms with van der Waals surface area (Å²) in [4.78, 5) is 10.9. The molecule has 4 aromatic rings. The van der Waals surface area contributed by atoms with Crippen LogP contribution in [0.1, 0.15) is 28.5 Å². The summed E-state index contributed by atoms with van der Waals surface area (Å²) in [5.74, 6) is 1.12. The van der Waals surface area contributed by atoms with Crippen molar-refractivity contribution in [3.63, 3.8) is 0 Å². The van der Waals surface area contributed by atoms with Gasteiger partial charge in [-0.2, -0.15) is 11.8 Å². The molecule has 0 aliphatic rings. The zero-order valence-electron chi connectivity index (χ0n) is 18.3. The fourth-order valence-corrected chi connectivity index (χ4v) is 4.66. The fraction of sp³-hybridized carbons (Fsp3) is 0.185. The number of carboxylic acid groups (broad SMARTS) is 1. The molecule has 5 nitrogen and oxygen atoms in total. The quantitative estimate of drug-likeness (QED) is 0.324. The van der Waals surface area contributed by atoms with E-state index >= 15 is 0 Å². The highest BCUT2D eigenvalue weighted by atomic mass is 32.2. The minimum absolute atomic E-state index is 0.0127. The summed E-state index contributed by atoms with van der Waals surface area (Å²) in [5, 5.41) is 23.9. The number of aliphatic hydroxyl groups is 1. The minimum Gasteiger partial charge on any atom is -0.481 e. The Morgan fingerprint density at radius 3 is 2.15 bits per heavy atom. The van der Waals surface area contributed by atoms with E-state index in [1.807, 2.05) is 73.7 Å². The summed E-state index contributed by atoms with van der Waals surface area (Å²) in [7, 11) is 0. The van der Waals surface area contributed by atoms with Crippen molar-refractivity contribution < 1.29 is 19.5 Å². The number of nitrogens with zero attached hydrogens (tertiary/aromatic N) is 1. The van der Waals surface area contributed by atoms with Crippen molar-refractivity contribution in [2.45, 2.75) is 25.2 Å². The number of aliphatic hydroxyl groups excluding tert-OH is 1. The van der Waals surface area contributed by atoms with E-state index in [2.05, 4.69) is 17.3 Å². The fourth-order valence-electron chi connectivity index (χ4n) is 3.73. The van der Waals surface area contributed by atoms with E-state index in [0.717, 1.165) is 33.6 Å². The van der Waals surface area contributed by atoms with Crippen molar-refractivity contribution in [3.05, 3.63) is 101 Å². The third-order valence-corrected chi connectivity index (χ3v) is 6.51. The molecule has 4 rings (SSSR count). The summed E-state index contributed by atoms with van der Waals surface area (Å²) in [5.41, 5.74) is 6.27. The Kier molecular flexibility index (Phi) is 7.27. The number of benzene rings is 3. The van der Waals surface area contributed by atoms with Crippen molar-refractivity contribution >= 4 is 17.7 Å². The molecule has 0 amide bonds. The molecular weight excluding hydrogens is 434 g/mol. The van der Waals surface area contributed by atoms with E-state index in [-0.39, 0.29) is 6.42 Å². The molecule has 3 aromatic carbocycles. The van der Waals surface area contributed by atoms with Gasteiger partial charge in [-0.05, 0) is 29.2 Å². The molecule has 0 fully saturated rings. The van der Waals surface area contributed by atoms with Gasteiger partial charge >= 0.3 is 5.97 Å². The molecule has 0 aliphatic carbocycles. The van der Waals surface area contributed by atoms with Crippen molar-refractivity contribution in [3.8, 4) is 22.5 Å². The van der Waals surface area contributed by atoms with E-state index in [1.165, 1.54) is 5.56 Å². The Balaban J connectivity index is 1.46. The van der Waals surface area contributed by atoms with Gasteiger partial charge in [-0.25, -0.2) is 0 Å². The van der Waals surface area contributed by atoms with E-state index in [9.17, 15) is 9.90 Å². The van der Waals surface area contributed by atoms with Crippen LogP contribution < -0.4 is 0 Å². The maximum Gasteiger partial charge on any atom is 0.307 e. The van der Waals surface area contributed by atoms with Crippen LogP contribution in [-0.2, 0) is 17.0 Å². The zero-order valence-corrected chi connectivity index (χ0v) is 19.1. The number of rotatable bonds is 9. The smallest absolute Gasteiger partial charge is 0.307 e. The maximum absolute atomic E-state index is 10.9. The first kappa shape index (κ1) is 22.8. The lowest BCUT2D eigenvalue weighted by Gasteiger charge is -2.12. The second-order valence-corrected chi connectivity index (χ2v) is 8.90. The SMILES string of the molecule is Cc1noc(-c2ccc(-c3ccc(CC(=O)O)cc3)cc2)c1[C@H](O)CSCc1ccccc1. The number of carboxylic acids is 1. The molecule has 0 saturated carbocycles. The molecule has 0 radical (unpaired) electrons. The van der Waals surface area contributed by atoms with Gasteiger partial charge in [0.25, 0.3) is 0 Å². The summed E-state index contributed by atoms with van der Waals surface area (Å²) < 4.78 is 5.59. The van der Waals surface area contributed by atoms with Crippen molar-refractivity contribution in [2.75, 3.05) is 5.75 Å². The Hall–Kier alpha value is -3.35. The van der Waals surface area contributed by atoms with Gasteiger partial charge in [-0.15, -0.1) is 0 Å². The van der Waals surface area contributed by atoms with Crippen LogP contribution in [-0.4, -0.2) is 27.1 Å². The van der Waals surface area contributed by atoms with Gasteiger partial charge in [-0.3, -0.25) is 4.79 Å². The first-order valence-electron chi connectivity index (χ1n) is 10.7. The Morgan fingerprint density at radius 2 is 1.52 bits per heavy atom. The molecule has 0 saturated heterocycles. The molecule has 0 bridgehead atoms. The number of thioether (sulfide) groups is 1. The van der Waals surface area contributed by atoms with E-state index in [1.54, 1.807) is 11.8 Å². The lowest BCUT2D eigenvalue weighted by molar-refractivity contribution is -0.136. The van der Waals surface area contributed by atoms with Gasteiger partial charge in [0.2, 0.25) is 0 Å². The summed E-state index contributed by atoms with van der Waals surface area (Å²) in [6.07, 6.45) is -0.667. The molecule has 0 aliphatic heterocycles. The highest BCUT2D eigenvalue weighted by Crippen LogP contribution is 2.34.